The maximum Gasteiger partial charge on any atom is 0.323 e. The van der Waals surface area contributed by atoms with Crippen LogP contribution in [0.2, 0.25) is 0 Å². The topological polar surface area (TPSA) is 72.7 Å². The maximum absolute atomic E-state index is 11.3. The van der Waals surface area contributed by atoms with E-state index in [-0.39, 0.29) is 5.69 Å². The van der Waals surface area contributed by atoms with E-state index in [1.807, 2.05) is 6.07 Å². The van der Waals surface area contributed by atoms with E-state index in [1.165, 1.54) is 24.8 Å². The molecule has 108 valence electrons. The fraction of sp³-hybridized carbons (Fsp3) is 0.533. The van der Waals surface area contributed by atoms with Gasteiger partial charge >= 0.3 is 5.69 Å². The van der Waals surface area contributed by atoms with Crippen LogP contribution in [0.3, 0.4) is 0 Å². The van der Waals surface area contributed by atoms with Crippen molar-refractivity contribution < 1.29 is 0 Å². The first-order chi connectivity index (χ1) is 9.72. The fourth-order valence-electron chi connectivity index (χ4n) is 2.96. The van der Waals surface area contributed by atoms with Gasteiger partial charge in [-0.3, -0.25) is 0 Å². The van der Waals surface area contributed by atoms with Crippen LogP contribution >= 0.6 is 0 Å². The monoisotopic (exact) mass is 274 g/mol. The van der Waals surface area contributed by atoms with Crippen molar-refractivity contribution >= 4 is 11.0 Å². The highest BCUT2D eigenvalue weighted by molar-refractivity contribution is 5.75. The third-order valence-electron chi connectivity index (χ3n) is 4.10. The lowest BCUT2D eigenvalue weighted by molar-refractivity contribution is 0.421. The third kappa shape index (κ3) is 2.94. The van der Waals surface area contributed by atoms with E-state index in [1.54, 1.807) is 0 Å². The molecule has 3 rings (SSSR count). The Morgan fingerprint density at radius 1 is 1.20 bits per heavy atom. The molecule has 5 heteroatoms. The van der Waals surface area contributed by atoms with Gasteiger partial charge in [0.2, 0.25) is 0 Å². The molecule has 0 aliphatic carbocycles. The van der Waals surface area contributed by atoms with Crippen LogP contribution in [-0.2, 0) is 0 Å². The molecule has 2 aromatic rings. The normalized spacial score (nSPS) is 21.8. The molecule has 1 fully saturated rings. The molecule has 1 aliphatic rings. The van der Waals surface area contributed by atoms with Crippen molar-refractivity contribution in [2.75, 3.05) is 13.1 Å². The van der Waals surface area contributed by atoms with Crippen molar-refractivity contribution in [2.24, 2.45) is 0 Å². The van der Waals surface area contributed by atoms with Crippen LogP contribution in [0.25, 0.3) is 11.0 Å². The van der Waals surface area contributed by atoms with Gasteiger partial charge < -0.3 is 20.6 Å². The molecule has 0 bridgehead atoms. The Morgan fingerprint density at radius 3 is 2.95 bits per heavy atom. The first kappa shape index (κ1) is 13.4. The highest BCUT2D eigenvalue weighted by Gasteiger charge is 2.15. The highest BCUT2D eigenvalue weighted by atomic mass is 16.1. The van der Waals surface area contributed by atoms with E-state index >= 15 is 0 Å². The summed E-state index contributed by atoms with van der Waals surface area (Å²) in [7, 11) is 0. The molecule has 2 heterocycles. The third-order valence-corrected chi connectivity index (χ3v) is 4.10. The van der Waals surface area contributed by atoms with Crippen LogP contribution in [0.1, 0.15) is 37.8 Å². The number of nitrogens with one attached hydrogen (secondary N) is 4. The molecule has 2 atom stereocenters. The number of aromatic nitrogens is 2. The van der Waals surface area contributed by atoms with Crippen molar-refractivity contribution in [1.82, 2.24) is 20.6 Å². The van der Waals surface area contributed by atoms with Gasteiger partial charge in [-0.05, 0) is 57.0 Å². The second-order valence-electron chi connectivity index (χ2n) is 5.65. The van der Waals surface area contributed by atoms with Gasteiger partial charge in [-0.25, -0.2) is 4.79 Å². The average Bonchev–Trinajstić information content (AvgIpc) is 2.62. The van der Waals surface area contributed by atoms with Gasteiger partial charge in [0.25, 0.3) is 0 Å². The molecule has 0 saturated carbocycles. The molecule has 4 N–H and O–H groups in total. The summed E-state index contributed by atoms with van der Waals surface area (Å²) in [6.45, 7) is 4.40. The molecule has 1 aliphatic heterocycles. The zero-order valence-electron chi connectivity index (χ0n) is 11.8. The average molecular weight is 274 g/mol. The van der Waals surface area contributed by atoms with Gasteiger partial charge in [0.05, 0.1) is 11.0 Å². The minimum Gasteiger partial charge on any atom is -0.317 e. The number of rotatable bonds is 3. The number of benzene rings is 1. The molecule has 0 radical (unpaired) electrons. The lowest BCUT2D eigenvalue weighted by atomic mass is 10.0. The fourth-order valence-corrected chi connectivity index (χ4v) is 2.96. The van der Waals surface area contributed by atoms with Gasteiger partial charge in [-0.1, -0.05) is 6.07 Å². The number of H-pyrrole nitrogens is 2. The van der Waals surface area contributed by atoms with Crippen molar-refractivity contribution in [1.29, 1.82) is 0 Å². The molecular weight excluding hydrogens is 252 g/mol. The number of imidazole rings is 1. The summed E-state index contributed by atoms with van der Waals surface area (Å²) in [5.41, 5.74) is 2.81. The minimum atomic E-state index is -0.146. The zero-order chi connectivity index (χ0) is 13.9. The molecular formula is C15H22N4O. The first-order valence-electron chi connectivity index (χ1n) is 7.41. The standard InChI is InChI=1S/C15H22N4O/c1-10(17-12-3-2-7-16-8-6-12)11-4-5-13-14(9-11)19-15(20)18-13/h4-5,9-10,12,16-17H,2-3,6-8H2,1H3,(H2,18,19,20). The summed E-state index contributed by atoms with van der Waals surface area (Å²) in [5, 5.41) is 7.14. The molecule has 0 amide bonds. The smallest absolute Gasteiger partial charge is 0.317 e. The lowest BCUT2D eigenvalue weighted by Crippen LogP contribution is -2.32. The second kappa shape index (κ2) is 5.81. The van der Waals surface area contributed by atoms with E-state index in [0.717, 1.165) is 24.1 Å². The summed E-state index contributed by atoms with van der Waals surface area (Å²) < 4.78 is 0. The predicted molar refractivity (Wildman–Crippen MR) is 81.0 cm³/mol. The second-order valence-corrected chi connectivity index (χ2v) is 5.65. The Morgan fingerprint density at radius 2 is 2.05 bits per heavy atom. The molecule has 1 saturated heterocycles. The van der Waals surface area contributed by atoms with E-state index in [2.05, 4.69) is 39.7 Å². The maximum atomic E-state index is 11.3. The van der Waals surface area contributed by atoms with Gasteiger partial charge in [0.1, 0.15) is 0 Å². The van der Waals surface area contributed by atoms with E-state index < -0.39 is 0 Å². The summed E-state index contributed by atoms with van der Waals surface area (Å²) >= 11 is 0. The van der Waals surface area contributed by atoms with Crippen LogP contribution in [0, 0.1) is 0 Å². The van der Waals surface area contributed by atoms with Crippen LogP contribution in [0.5, 0.6) is 0 Å². The molecule has 1 aromatic heterocycles. The zero-order valence-corrected chi connectivity index (χ0v) is 11.8. The summed E-state index contributed by atoms with van der Waals surface area (Å²) in [4.78, 5) is 16.9. The lowest BCUT2D eigenvalue weighted by Gasteiger charge is -2.22. The largest absolute Gasteiger partial charge is 0.323 e. The van der Waals surface area contributed by atoms with Crippen LogP contribution < -0.4 is 16.3 Å². The first-order valence-corrected chi connectivity index (χ1v) is 7.41. The van der Waals surface area contributed by atoms with Gasteiger partial charge in [0, 0.05) is 12.1 Å². The Labute approximate surface area is 118 Å². The molecule has 1 aromatic carbocycles. The Kier molecular flexibility index (Phi) is 3.89. The summed E-state index contributed by atoms with van der Waals surface area (Å²) in [6, 6.07) is 6.97. The van der Waals surface area contributed by atoms with Crippen LogP contribution in [-0.4, -0.2) is 29.1 Å². The predicted octanol–water partition coefficient (Wildman–Crippen LogP) is 1.65. The highest BCUT2D eigenvalue weighted by Crippen LogP contribution is 2.19. The Bertz CT molecular complexity index is 622. The molecule has 0 spiro atoms. The van der Waals surface area contributed by atoms with Gasteiger partial charge in [0.15, 0.2) is 0 Å². The molecule has 2 unspecified atom stereocenters. The Balaban J connectivity index is 1.73. The Hall–Kier alpha value is -1.59. The summed E-state index contributed by atoms with van der Waals surface area (Å²) in [5.74, 6) is 0. The van der Waals surface area contributed by atoms with Crippen molar-refractivity contribution in [3.63, 3.8) is 0 Å². The number of hydrogen-bond donors (Lipinski definition) is 4. The van der Waals surface area contributed by atoms with E-state index in [0.29, 0.717) is 12.1 Å². The van der Waals surface area contributed by atoms with Gasteiger partial charge in [-0.15, -0.1) is 0 Å². The van der Waals surface area contributed by atoms with Crippen LogP contribution in [0.4, 0.5) is 0 Å². The molecule has 5 nitrogen and oxygen atoms in total. The minimum absolute atomic E-state index is 0.146. The summed E-state index contributed by atoms with van der Waals surface area (Å²) in [6.07, 6.45) is 3.63. The van der Waals surface area contributed by atoms with Crippen molar-refractivity contribution in [3.8, 4) is 0 Å². The number of aromatic amines is 2. The van der Waals surface area contributed by atoms with E-state index in [9.17, 15) is 4.79 Å². The molecule has 20 heavy (non-hydrogen) atoms. The van der Waals surface area contributed by atoms with Gasteiger partial charge in [-0.2, -0.15) is 0 Å². The van der Waals surface area contributed by atoms with Crippen molar-refractivity contribution in [3.05, 3.63) is 34.2 Å². The SMILES string of the molecule is CC(NC1CCCNCC1)c1ccc2[nH]c(=O)[nH]c2c1. The van der Waals surface area contributed by atoms with E-state index in [4.69, 9.17) is 0 Å². The van der Waals surface area contributed by atoms with Crippen molar-refractivity contribution in [2.45, 2.75) is 38.3 Å². The quantitative estimate of drug-likeness (QED) is 0.687. The van der Waals surface area contributed by atoms with Crippen LogP contribution in [0.15, 0.2) is 23.0 Å². The number of hydrogen-bond acceptors (Lipinski definition) is 3. The number of fused-ring (bicyclic) bond motifs is 1.